The molecule has 0 bridgehead atoms. The van der Waals surface area contributed by atoms with Crippen LogP contribution in [0.1, 0.15) is 25.5 Å². The van der Waals surface area contributed by atoms with Crippen molar-refractivity contribution in [3.05, 3.63) is 22.3 Å². The van der Waals surface area contributed by atoms with E-state index in [4.69, 9.17) is 10.6 Å². The molecule has 2 saturated heterocycles. The van der Waals surface area contributed by atoms with Gasteiger partial charge in [-0.05, 0) is 31.9 Å². The molecule has 34 heavy (non-hydrogen) atoms. The third kappa shape index (κ3) is 4.26. The average Bonchev–Trinajstić information content (AvgIpc) is 3.40. The number of aromatic nitrogens is 1. The van der Waals surface area contributed by atoms with Gasteiger partial charge in [0.25, 0.3) is 11.8 Å². The van der Waals surface area contributed by atoms with E-state index in [1.54, 1.807) is 5.38 Å². The summed E-state index contributed by atoms with van der Waals surface area (Å²) in [6.07, 6.45) is 1.73. The minimum Gasteiger partial charge on any atom is -0.477 e. The van der Waals surface area contributed by atoms with Gasteiger partial charge in [0.15, 0.2) is 10.8 Å². The molecular formula is C20H26N6O6S2. The van der Waals surface area contributed by atoms with Crippen LogP contribution in [0, 0.1) is 0 Å². The summed E-state index contributed by atoms with van der Waals surface area (Å²) in [6, 6.07) is -0.916. The molecule has 184 valence electrons. The fourth-order valence-corrected chi connectivity index (χ4v) is 6.35. The van der Waals surface area contributed by atoms with Crippen LogP contribution in [-0.4, -0.2) is 98.0 Å². The number of likely N-dealkylation sites (tertiary alicyclic amines) is 1. The van der Waals surface area contributed by atoms with Crippen LogP contribution < -0.4 is 11.1 Å². The van der Waals surface area contributed by atoms with E-state index in [0.717, 1.165) is 30.7 Å². The largest absolute Gasteiger partial charge is 0.477 e. The normalized spacial score (nSPS) is 27.4. The van der Waals surface area contributed by atoms with Gasteiger partial charge in [-0.1, -0.05) is 5.16 Å². The van der Waals surface area contributed by atoms with E-state index in [9.17, 15) is 24.6 Å². The number of thioether (sulfide) groups is 1. The van der Waals surface area contributed by atoms with Crippen LogP contribution in [0.3, 0.4) is 0 Å². The molecule has 0 spiro atoms. The zero-order valence-corrected chi connectivity index (χ0v) is 20.3. The number of aliphatic hydroxyl groups excluding tert-OH is 1. The average molecular weight is 511 g/mol. The molecule has 1 aromatic rings. The number of anilines is 1. The third-order valence-corrected chi connectivity index (χ3v) is 8.34. The predicted octanol–water partition coefficient (Wildman–Crippen LogP) is -0.339. The van der Waals surface area contributed by atoms with Crippen molar-refractivity contribution in [2.75, 3.05) is 38.3 Å². The van der Waals surface area contributed by atoms with Crippen LogP contribution in [0.5, 0.6) is 0 Å². The van der Waals surface area contributed by atoms with Crippen LogP contribution >= 0.6 is 23.1 Å². The van der Waals surface area contributed by atoms with Crippen molar-refractivity contribution in [3.63, 3.8) is 0 Å². The summed E-state index contributed by atoms with van der Waals surface area (Å²) < 4.78 is 0. The van der Waals surface area contributed by atoms with Gasteiger partial charge in [-0.3, -0.25) is 19.4 Å². The zero-order valence-electron chi connectivity index (χ0n) is 18.7. The number of nitrogens with one attached hydrogen (secondary N) is 1. The minimum atomic E-state index is -1.19. The molecule has 0 aromatic carbocycles. The monoisotopic (exact) mass is 510 g/mol. The number of oxime groups is 1. The van der Waals surface area contributed by atoms with Crippen molar-refractivity contribution >= 4 is 51.7 Å². The molecule has 3 atom stereocenters. The molecule has 3 aliphatic heterocycles. The highest BCUT2D eigenvalue weighted by Gasteiger charge is 2.54. The second kappa shape index (κ2) is 9.52. The van der Waals surface area contributed by atoms with Crippen molar-refractivity contribution in [1.82, 2.24) is 20.1 Å². The predicted molar refractivity (Wildman–Crippen MR) is 126 cm³/mol. The molecular weight excluding hydrogens is 484 g/mol. The van der Waals surface area contributed by atoms with E-state index in [0.29, 0.717) is 17.9 Å². The van der Waals surface area contributed by atoms with E-state index < -0.39 is 34.7 Å². The summed E-state index contributed by atoms with van der Waals surface area (Å²) in [4.78, 5) is 50.1. The first-order chi connectivity index (χ1) is 16.2. The third-order valence-electron chi connectivity index (χ3n) is 6.33. The standard InChI is InChI=1S/C20H26N6O6S2/c1-20(9-27)4-3-5-25(20)6-10-7-33-17-13(16(29)26(17)14(10)18(30)31)23-15(28)12(24-32-2)11-8-34-19(21)22-11/h8,13,17,27H,3-7,9H2,1-2H3,(H2,21,22)(H,23,28)(H,30,31)/b24-12-/t13-,17+,20+/m1/s1. The molecule has 0 unspecified atom stereocenters. The van der Waals surface area contributed by atoms with Gasteiger partial charge in [-0.25, -0.2) is 9.78 Å². The SMILES string of the molecule is CO/N=C(\C(=O)N[C@@H]1C(=O)N2C(C(=O)O)=C(CN3CCC[C@@]3(C)CO)CS[C@@H]12)c1csc(N)n1. The fourth-order valence-electron chi connectivity index (χ4n) is 4.46. The number of nitrogens with two attached hydrogens (primary N) is 1. The van der Waals surface area contributed by atoms with Gasteiger partial charge in [-0.2, -0.15) is 0 Å². The first-order valence-corrected chi connectivity index (χ1v) is 12.5. The first-order valence-electron chi connectivity index (χ1n) is 10.6. The number of thiazole rings is 1. The maximum absolute atomic E-state index is 13.0. The Morgan fingerprint density at radius 3 is 2.85 bits per heavy atom. The van der Waals surface area contributed by atoms with Gasteiger partial charge < -0.3 is 26.1 Å². The molecule has 0 saturated carbocycles. The van der Waals surface area contributed by atoms with E-state index >= 15 is 0 Å². The number of carboxylic acids is 1. The Balaban J connectivity index is 1.52. The maximum Gasteiger partial charge on any atom is 0.352 e. The smallest absolute Gasteiger partial charge is 0.352 e. The number of carboxylic acid groups (broad SMARTS) is 1. The molecule has 0 aliphatic carbocycles. The maximum atomic E-state index is 13.0. The Morgan fingerprint density at radius 2 is 2.24 bits per heavy atom. The lowest BCUT2D eigenvalue weighted by Crippen LogP contribution is -2.71. The highest BCUT2D eigenvalue weighted by Crippen LogP contribution is 2.41. The second-order valence-corrected chi connectivity index (χ2v) is 10.5. The van der Waals surface area contributed by atoms with E-state index in [1.807, 2.05) is 6.92 Å². The van der Waals surface area contributed by atoms with Gasteiger partial charge in [0.05, 0.1) is 6.61 Å². The van der Waals surface area contributed by atoms with E-state index in [1.165, 1.54) is 23.8 Å². The molecule has 3 aliphatic rings. The summed E-state index contributed by atoms with van der Waals surface area (Å²) in [5, 5.41) is 27.3. The number of nitrogens with zero attached hydrogens (tertiary/aromatic N) is 4. The van der Waals surface area contributed by atoms with E-state index in [-0.39, 0.29) is 28.8 Å². The molecule has 5 N–H and O–H groups in total. The van der Waals surface area contributed by atoms with Gasteiger partial charge >= 0.3 is 5.97 Å². The molecule has 14 heteroatoms. The highest BCUT2D eigenvalue weighted by molar-refractivity contribution is 8.00. The Kier molecular flexibility index (Phi) is 6.85. The van der Waals surface area contributed by atoms with Crippen LogP contribution in [0.25, 0.3) is 0 Å². The Morgan fingerprint density at radius 1 is 1.47 bits per heavy atom. The number of β-lactam (4-membered cyclic amide) rings is 1. The number of hydrogen-bond donors (Lipinski definition) is 4. The van der Waals surface area contributed by atoms with Crippen molar-refractivity contribution < 1.29 is 29.4 Å². The molecule has 2 fully saturated rings. The van der Waals surface area contributed by atoms with Crippen LogP contribution in [-0.2, 0) is 19.2 Å². The minimum absolute atomic E-state index is 0.0226. The van der Waals surface area contributed by atoms with Gasteiger partial charge in [0.1, 0.15) is 29.9 Å². The molecule has 1 aromatic heterocycles. The van der Waals surface area contributed by atoms with Crippen molar-refractivity contribution in [1.29, 1.82) is 0 Å². The second-order valence-electron chi connectivity index (χ2n) is 8.49. The Hall–Kier alpha value is -2.68. The van der Waals surface area contributed by atoms with Gasteiger partial charge in [-0.15, -0.1) is 23.1 Å². The number of aliphatic carboxylic acids is 1. The van der Waals surface area contributed by atoms with Gasteiger partial charge in [0, 0.05) is 23.2 Å². The van der Waals surface area contributed by atoms with Crippen molar-refractivity contribution in [3.8, 4) is 0 Å². The number of carbonyl (C=O) groups excluding carboxylic acids is 2. The molecule has 12 nitrogen and oxygen atoms in total. The zero-order chi connectivity index (χ0) is 24.6. The summed E-state index contributed by atoms with van der Waals surface area (Å²) in [6.45, 7) is 3.03. The Bertz CT molecular complexity index is 1070. The molecule has 0 radical (unpaired) electrons. The van der Waals surface area contributed by atoms with Crippen molar-refractivity contribution in [2.45, 2.75) is 36.7 Å². The van der Waals surface area contributed by atoms with Crippen LogP contribution in [0.15, 0.2) is 21.8 Å². The van der Waals surface area contributed by atoms with Crippen molar-refractivity contribution in [2.24, 2.45) is 5.16 Å². The molecule has 4 rings (SSSR count). The summed E-state index contributed by atoms with van der Waals surface area (Å²) in [5.74, 6) is -1.99. The summed E-state index contributed by atoms with van der Waals surface area (Å²) in [7, 11) is 1.28. The lowest BCUT2D eigenvalue weighted by molar-refractivity contribution is -0.150. The number of nitrogen functional groups attached to an aromatic ring is 1. The summed E-state index contributed by atoms with van der Waals surface area (Å²) >= 11 is 2.52. The number of amides is 2. The lowest BCUT2D eigenvalue weighted by atomic mass is 9.98. The van der Waals surface area contributed by atoms with Crippen LogP contribution in [0.2, 0.25) is 0 Å². The van der Waals surface area contributed by atoms with E-state index in [2.05, 4.69) is 20.4 Å². The fraction of sp³-hybridized carbons (Fsp3) is 0.550. The number of aliphatic hydroxyl groups is 1. The first kappa shape index (κ1) is 24.4. The lowest BCUT2D eigenvalue weighted by Gasteiger charge is -2.50. The number of fused-ring (bicyclic) bond motifs is 1. The van der Waals surface area contributed by atoms with Gasteiger partial charge in [0.2, 0.25) is 0 Å². The Labute approximate surface area is 203 Å². The highest BCUT2D eigenvalue weighted by atomic mass is 32.2. The van der Waals surface area contributed by atoms with Crippen LogP contribution in [0.4, 0.5) is 5.13 Å². The summed E-state index contributed by atoms with van der Waals surface area (Å²) in [5.41, 5.74) is 5.88. The molecule has 4 heterocycles. The topological polar surface area (TPSA) is 171 Å². The molecule has 2 amide bonds. The number of hydrogen-bond acceptors (Lipinski definition) is 11. The quantitative estimate of drug-likeness (QED) is 0.206. The number of rotatable bonds is 8. The number of carbonyl (C=O) groups is 3.